The van der Waals surface area contributed by atoms with Crippen LogP contribution >= 0.6 is 0 Å². The summed E-state index contributed by atoms with van der Waals surface area (Å²) in [4.78, 5) is -0.298. The van der Waals surface area contributed by atoms with E-state index in [0.717, 1.165) is 17.0 Å². The molecule has 0 aliphatic carbocycles. The van der Waals surface area contributed by atoms with Crippen LogP contribution in [-0.2, 0) is 10.1 Å². The Hall–Kier alpha value is -1.54. The average Bonchev–Trinajstić information content (AvgIpc) is 2.64. The van der Waals surface area contributed by atoms with Crippen molar-refractivity contribution in [1.29, 1.82) is 0 Å². The van der Waals surface area contributed by atoms with E-state index in [4.69, 9.17) is 0 Å². The standard InChI is InChI=1S/C14H18N2O4S/c1-10-4-5-14(21(18,19)20)13(8-10)16(6-7-17)12(3)9-11(2)15-16/h4-5,8-9,17H,6-7H2,1-3H3. The molecule has 0 fully saturated rings. The van der Waals surface area contributed by atoms with E-state index in [1.165, 1.54) is 6.07 Å². The minimum atomic E-state index is -4.63. The zero-order chi connectivity index (χ0) is 15.8. The first-order chi connectivity index (χ1) is 9.70. The highest BCUT2D eigenvalue weighted by Gasteiger charge is 2.40. The fourth-order valence-corrected chi connectivity index (χ4v) is 3.35. The van der Waals surface area contributed by atoms with Gasteiger partial charge >= 0.3 is 0 Å². The molecule has 1 unspecified atom stereocenters. The predicted molar refractivity (Wildman–Crippen MR) is 79.8 cm³/mol. The summed E-state index contributed by atoms with van der Waals surface area (Å²) in [6.45, 7) is 5.40. The molecule has 0 aromatic heterocycles. The van der Waals surface area contributed by atoms with Crippen LogP contribution in [0, 0.1) is 6.92 Å². The van der Waals surface area contributed by atoms with Crippen molar-refractivity contribution in [3.8, 4) is 0 Å². The molecule has 0 radical (unpaired) electrons. The highest BCUT2D eigenvalue weighted by Crippen LogP contribution is 2.38. The lowest BCUT2D eigenvalue weighted by molar-refractivity contribution is 0.231. The maximum Gasteiger partial charge on any atom is 0.182 e. The summed E-state index contributed by atoms with van der Waals surface area (Å²) in [6.07, 6.45) is 1.82. The molecule has 0 saturated heterocycles. The molecule has 1 N–H and O–H groups in total. The Kier molecular flexibility index (Phi) is 4.03. The number of allylic oxidation sites excluding steroid dienone is 2. The van der Waals surface area contributed by atoms with Crippen molar-refractivity contribution in [1.82, 2.24) is 4.59 Å². The zero-order valence-corrected chi connectivity index (χ0v) is 13.0. The predicted octanol–water partition coefficient (Wildman–Crippen LogP) is 1.49. The first-order valence-electron chi connectivity index (χ1n) is 6.52. The van der Waals surface area contributed by atoms with E-state index in [1.807, 2.05) is 13.0 Å². The third kappa shape index (κ3) is 2.77. The van der Waals surface area contributed by atoms with Crippen molar-refractivity contribution in [3.63, 3.8) is 0 Å². The number of aryl methyl sites for hydroxylation is 1. The van der Waals surface area contributed by atoms with Gasteiger partial charge in [-0.05, 0) is 25.5 Å². The number of hydrogen-bond donors (Lipinski definition) is 1. The number of aliphatic hydroxyl groups is 1. The van der Waals surface area contributed by atoms with Gasteiger partial charge < -0.3 is 9.66 Å². The van der Waals surface area contributed by atoms with Crippen molar-refractivity contribution < 1.29 is 18.1 Å². The Morgan fingerprint density at radius 3 is 2.43 bits per heavy atom. The van der Waals surface area contributed by atoms with Crippen LogP contribution in [-0.4, -0.2) is 36.9 Å². The minimum absolute atomic E-state index is 0.172. The normalized spacial score (nSPS) is 22.1. The van der Waals surface area contributed by atoms with Gasteiger partial charge in [0.15, 0.2) is 5.69 Å². The smallest absolute Gasteiger partial charge is 0.182 e. The van der Waals surface area contributed by atoms with E-state index in [0.29, 0.717) is 0 Å². The molecular formula is C14H18N2O4S. The second kappa shape index (κ2) is 5.34. The Morgan fingerprint density at radius 1 is 1.29 bits per heavy atom. The highest BCUT2D eigenvalue weighted by atomic mass is 32.2. The fraction of sp³-hybridized carbons (Fsp3) is 0.357. The summed E-state index contributed by atoms with van der Waals surface area (Å²) in [5, 5.41) is 13.9. The van der Waals surface area contributed by atoms with Gasteiger partial charge in [-0.2, -0.15) is 0 Å². The molecule has 114 valence electrons. The second-order valence-corrected chi connectivity index (χ2v) is 6.52. The Balaban J connectivity index is 2.80. The van der Waals surface area contributed by atoms with Gasteiger partial charge in [0.1, 0.15) is 27.3 Å². The van der Waals surface area contributed by atoms with E-state index < -0.39 is 10.1 Å². The molecule has 21 heavy (non-hydrogen) atoms. The van der Waals surface area contributed by atoms with E-state index in [2.05, 4.69) is 5.10 Å². The number of benzene rings is 1. The van der Waals surface area contributed by atoms with Gasteiger partial charge in [0.2, 0.25) is 0 Å². The molecule has 1 atom stereocenters. The lowest BCUT2D eigenvalue weighted by Gasteiger charge is -2.31. The van der Waals surface area contributed by atoms with E-state index in [1.54, 1.807) is 26.0 Å². The quantitative estimate of drug-likeness (QED) is 0.674. The first-order valence-corrected chi connectivity index (χ1v) is 7.93. The van der Waals surface area contributed by atoms with Crippen LogP contribution < -0.4 is 4.59 Å². The van der Waals surface area contributed by atoms with E-state index in [-0.39, 0.29) is 28.3 Å². The van der Waals surface area contributed by atoms with Gasteiger partial charge in [-0.15, -0.1) is 4.59 Å². The monoisotopic (exact) mass is 310 g/mol. The first kappa shape index (κ1) is 15.8. The third-order valence-corrected chi connectivity index (χ3v) is 4.42. The lowest BCUT2D eigenvalue weighted by Crippen LogP contribution is -2.43. The molecule has 1 aromatic rings. The number of aliphatic hydroxyl groups excluding tert-OH is 1. The molecule has 0 saturated carbocycles. The largest absolute Gasteiger partial charge is 0.744 e. The van der Waals surface area contributed by atoms with Crippen LogP contribution in [0.15, 0.2) is 40.0 Å². The average molecular weight is 310 g/mol. The maximum absolute atomic E-state index is 11.6. The number of nitrogens with zero attached hydrogens (tertiary/aromatic N) is 2. The molecule has 6 nitrogen and oxygen atoms in total. The van der Waals surface area contributed by atoms with Crippen LogP contribution in [0.5, 0.6) is 0 Å². The zero-order valence-electron chi connectivity index (χ0n) is 12.2. The summed E-state index contributed by atoms with van der Waals surface area (Å²) in [6, 6.07) is 4.52. The van der Waals surface area contributed by atoms with E-state index in [9.17, 15) is 18.1 Å². The SMILES string of the molecule is CC1=CC(C)=N[N+]1(CCO)c1cc(C)ccc1S(=O)(=O)[O-]. The molecule has 0 spiro atoms. The van der Waals surface area contributed by atoms with Gasteiger partial charge in [0.25, 0.3) is 0 Å². The number of hydrogen-bond acceptors (Lipinski definition) is 5. The van der Waals surface area contributed by atoms with Gasteiger partial charge in [0.05, 0.1) is 12.3 Å². The van der Waals surface area contributed by atoms with Crippen LogP contribution in [0.3, 0.4) is 0 Å². The lowest BCUT2D eigenvalue weighted by atomic mass is 10.2. The Morgan fingerprint density at radius 2 is 1.95 bits per heavy atom. The van der Waals surface area contributed by atoms with Gasteiger partial charge in [-0.3, -0.25) is 0 Å². The highest BCUT2D eigenvalue weighted by molar-refractivity contribution is 7.86. The summed E-state index contributed by atoms with van der Waals surface area (Å²) in [5.74, 6) is 0. The maximum atomic E-state index is 11.6. The molecular weight excluding hydrogens is 292 g/mol. The molecule has 2 rings (SSSR count). The minimum Gasteiger partial charge on any atom is -0.744 e. The van der Waals surface area contributed by atoms with Crippen molar-refractivity contribution >= 4 is 21.5 Å². The van der Waals surface area contributed by atoms with Gasteiger partial charge in [0, 0.05) is 19.1 Å². The Bertz CT molecular complexity index is 737. The van der Waals surface area contributed by atoms with Gasteiger partial charge in [-0.25, -0.2) is 8.42 Å². The van der Waals surface area contributed by atoms with Crippen molar-refractivity contribution in [2.75, 3.05) is 13.2 Å². The van der Waals surface area contributed by atoms with Crippen LogP contribution in [0.4, 0.5) is 5.69 Å². The number of quaternary nitrogens is 1. The van der Waals surface area contributed by atoms with Gasteiger partial charge in [-0.1, -0.05) is 11.2 Å². The van der Waals surface area contributed by atoms with Crippen molar-refractivity contribution in [3.05, 3.63) is 35.5 Å². The fourth-order valence-electron chi connectivity index (χ4n) is 2.65. The molecule has 1 aliphatic heterocycles. The summed E-state index contributed by atoms with van der Waals surface area (Å²) >= 11 is 0. The van der Waals surface area contributed by atoms with Crippen LogP contribution in [0.2, 0.25) is 0 Å². The molecule has 1 aliphatic rings. The molecule has 0 bridgehead atoms. The molecule has 0 amide bonds. The van der Waals surface area contributed by atoms with Crippen molar-refractivity contribution in [2.24, 2.45) is 5.10 Å². The van der Waals surface area contributed by atoms with Crippen LogP contribution in [0.1, 0.15) is 19.4 Å². The molecule has 7 heteroatoms. The number of rotatable bonds is 4. The van der Waals surface area contributed by atoms with Crippen molar-refractivity contribution in [2.45, 2.75) is 25.7 Å². The molecule has 1 heterocycles. The third-order valence-electron chi connectivity index (χ3n) is 3.54. The summed E-state index contributed by atoms with van der Waals surface area (Å²) < 4.78 is 34.5. The molecule has 1 aromatic carbocycles. The Labute approximate surface area is 124 Å². The topological polar surface area (TPSA) is 89.8 Å². The summed E-state index contributed by atoms with van der Waals surface area (Å²) in [5.41, 5.74) is 2.58. The van der Waals surface area contributed by atoms with Crippen LogP contribution in [0.25, 0.3) is 0 Å². The second-order valence-electron chi connectivity index (χ2n) is 5.17. The van der Waals surface area contributed by atoms with E-state index >= 15 is 0 Å². The summed E-state index contributed by atoms with van der Waals surface area (Å²) in [7, 11) is -4.63.